The van der Waals surface area contributed by atoms with Crippen molar-refractivity contribution >= 4 is 35.5 Å². The Labute approximate surface area is 169 Å². The molecular formula is C20H16FN3O6. The zero-order chi connectivity index (χ0) is 21.8. The number of imide groups is 2. The number of carbonyl (C=O) groups is 4. The summed E-state index contributed by atoms with van der Waals surface area (Å²) >= 11 is 0. The van der Waals surface area contributed by atoms with Gasteiger partial charge in [-0.3, -0.25) is 19.7 Å². The molecule has 0 spiro atoms. The number of methoxy groups -OCH3 is 1. The molecule has 0 unspecified atom stereocenters. The number of nitrogens with one attached hydrogen (secondary N) is 1. The van der Waals surface area contributed by atoms with Crippen molar-refractivity contribution in [1.82, 2.24) is 5.32 Å². The molecule has 0 radical (unpaired) electrons. The summed E-state index contributed by atoms with van der Waals surface area (Å²) in [6.07, 6.45) is 1.26. The normalized spacial score (nSPS) is 15.2. The van der Waals surface area contributed by atoms with E-state index in [9.17, 15) is 23.6 Å². The van der Waals surface area contributed by atoms with Gasteiger partial charge in [-0.1, -0.05) is 6.07 Å². The molecule has 5 amide bonds. The van der Waals surface area contributed by atoms with Crippen molar-refractivity contribution < 1.29 is 33.0 Å². The van der Waals surface area contributed by atoms with Gasteiger partial charge >= 0.3 is 6.03 Å². The first kappa shape index (κ1) is 20.5. The van der Waals surface area contributed by atoms with Crippen LogP contribution in [0.1, 0.15) is 5.56 Å². The number of anilines is 1. The second-order valence-corrected chi connectivity index (χ2v) is 6.10. The third-order valence-corrected chi connectivity index (χ3v) is 4.06. The second kappa shape index (κ2) is 8.43. The maximum atomic E-state index is 13.2. The van der Waals surface area contributed by atoms with E-state index < -0.39 is 29.6 Å². The van der Waals surface area contributed by atoms with Crippen molar-refractivity contribution in [3.05, 3.63) is 59.4 Å². The number of hydrogen-bond donors (Lipinski definition) is 2. The highest BCUT2D eigenvalue weighted by molar-refractivity contribution is 6.39. The molecule has 2 aromatic rings. The lowest BCUT2D eigenvalue weighted by molar-refractivity contribution is -0.123. The molecule has 1 fully saturated rings. The van der Waals surface area contributed by atoms with Gasteiger partial charge in [0, 0.05) is 0 Å². The van der Waals surface area contributed by atoms with Crippen LogP contribution in [0.25, 0.3) is 6.08 Å². The Hall–Kier alpha value is -4.21. The summed E-state index contributed by atoms with van der Waals surface area (Å²) in [5, 5.41) is 2.07. The fourth-order valence-corrected chi connectivity index (χ4v) is 2.69. The van der Waals surface area contributed by atoms with Gasteiger partial charge in [0.25, 0.3) is 17.7 Å². The predicted octanol–water partition coefficient (Wildman–Crippen LogP) is 1.36. The number of urea groups is 1. The van der Waals surface area contributed by atoms with Gasteiger partial charge in [0.2, 0.25) is 0 Å². The summed E-state index contributed by atoms with van der Waals surface area (Å²) in [7, 11) is 1.37. The smallest absolute Gasteiger partial charge is 0.335 e. The molecule has 0 aliphatic carbocycles. The van der Waals surface area contributed by atoms with Crippen LogP contribution in [0.3, 0.4) is 0 Å². The molecular weight excluding hydrogens is 397 g/mol. The molecule has 1 saturated heterocycles. The van der Waals surface area contributed by atoms with Crippen molar-refractivity contribution in [1.29, 1.82) is 0 Å². The van der Waals surface area contributed by atoms with Crippen molar-refractivity contribution in [2.24, 2.45) is 5.73 Å². The van der Waals surface area contributed by atoms with Crippen molar-refractivity contribution in [3.63, 3.8) is 0 Å². The molecule has 2 aromatic carbocycles. The first-order chi connectivity index (χ1) is 14.3. The first-order valence-corrected chi connectivity index (χ1v) is 8.56. The van der Waals surface area contributed by atoms with Gasteiger partial charge in [0.15, 0.2) is 18.1 Å². The largest absolute Gasteiger partial charge is 0.493 e. The predicted molar refractivity (Wildman–Crippen MR) is 103 cm³/mol. The lowest BCUT2D eigenvalue weighted by Gasteiger charge is -2.26. The molecule has 0 atom stereocenters. The standard InChI is InChI=1S/C20H16FN3O6/c1-29-16-9-11(2-7-15(16)30-10-17(22)25)8-14-18(26)23-20(28)24(19(14)27)13-5-3-12(21)4-6-13/h2-9H,10H2,1H3,(H2,22,25)(H,23,26,28)/b14-8+. The maximum absolute atomic E-state index is 13.2. The van der Waals surface area contributed by atoms with E-state index in [0.29, 0.717) is 5.56 Å². The first-order valence-electron chi connectivity index (χ1n) is 8.56. The van der Waals surface area contributed by atoms with E-state index >= 15 is 0 Å². The fraction of sp³-hybridized carbons (Fsp3) is 0.100. The molecule has 1 heterocycles. The van der Waals surface area contributed by atoms with E-state index in [2.05, 4.69) is 5.32 Å². The molecule has 0 saturated carbocycles. The summed E-state index contributed by atoms with van der Waals surface area (Å²) in [6.45, 7) is -0.355. The number of barbiturate groups is 1. The van der Waals surface area contributed by atoms with Gasteiger partial charge in [0.05, 0.1) is 12.8 Å². The van der Waals surface area contributed by atoms with Gasteiger partial charge in [-0.05, 0) is 48.0 Å². The lowest BCUT2D eigenvalue weighted by atomic mass is 10.1. The SMILES string of the molecule is COc1cc(/C=C2\C(=O)NC(=O)N(c3ccc(F)cc3)C2=O)ccc1OCC(N)=O. The van der Waals surface area contributed by atoms with Gasteiger partial charge in [0.1, 0.15) is 11.4 Å². The van der Waals surface area contributed by atoms with Crippen LogP contribution < -0.4 is 25.4 Å². The van der Waals surface area contributed by atoms with Gasteiger partial charge in [-0.15, -0.1) is 0 Å². The number of nitrogens with two attached hydrogens (primary N) is 1. The topological polar surface area (TPSA) is 128 Å². The number of benzene rings is 2. The number of nitrogens with zero attached hydrogens (tertiary/aromatic N) is 1. The highest BCUT2D eigenvalue weighted by Crippen LogP contribution is 2.30. The molecule has 3 N–H and O–H groups in total. The highest BCUT2D eigenvalue weighted by atomic mass is 19.1. The van der Waals surface area contributed by atoms with Crippen molar-refractivity contribution in [2.75, 3.05) is 18.6 Å². The van der Waals surface area contributed by atoms with E-state index in [4.69, 9.17) is 15.2 Å². The maximum Gasteiger partial charge on any atom is 0.335 e. The zero-order valence-corrected chi connectivity index (χ0v) is 15.7. The Morgan fingerprint density at radius 3 is 2.47 bits per heavy atom. The van der Waals surface area contributed by atoms with Crippen LogP contribution in [0.5, 0.6) is 11.5 Å². The highest BCUT2D eigenvalue weighted by Gasteiger charge is 2.36. The van der Waals surface area contributed by atoms with Crippen molar-refractivity contribution in [2.45, 2.75) is 0 Å². The minimum atomic E-state index is -0.943. The van der Waals surface area contributed by atoms with Gasteiger partial charge < -0.3 is 15.2 Å². The van der Waals surface area contributed by atoms with Crippen LogP contribution in [-0.2, 0) is 14.4 Å². The van der Waals surface area contributed by atoms with Crippen LogP contribution >= 0.6 is 0 Å². The quantitative estimate of drug-likeness (QED) is 0.544. The third-order valence-electron chi connectivity index (χ3n) is 4.06. The van der Waals surface area contributed by atoms with Gasteiger partial charge in [-0.25, -0.2) is 14.1 Å². The van der Waals surface area contributed by atoms with Crippen LogP contribution in [0, 0.1) is 5.82 Å². The Morgan fingerprint density at radius 2 is 1.83 bits per heavy atom. The van der Waals surface area contributed by atoms with Crippen LogP contribution in [0.2, 0.25) is 0 Å². The summed E-state index contributed by atoms with van der Waals surface area (Å²) in [4.78, 5) is 48.8. The Kier molecular flexibility index (Phi) is 5.77. The number of amides is 5. The van der Waals surface area contributed by atoms with E-state index in [0.717, 1.165) is 17.0 Å². The van der Waals surface area contributed by atoms with E-state index in [-0.39, 0.29) is 29.4 Å². The number of halogens is 1. The molecule has 3 rings (SSSR count). The number of rotatable bonds is 6. The van der Waals surface area contributed by atoms with E-state index in [1.165, 1.54) is 43.5 Å². The summed E-state index contributed by atoms with van der Waals surface area (Å²) in [6, 6.07) is 8.19. The molecule has 9 nitrogen and oxygen atoms in total. The molecule has 10 heteroatoms. The van der Waals surface area contributed by atoms with Gasteiger partial charge in [-0.2, -0.15) is 0 Å². The molecule has 0 aromatic heterocycles. The molecule has 154 valence electrons. The van der Waals surface area contributed by atoms with Crippen LogP contribution in [0.4, 0.5) is 14.9 Å². The second-order valence-electron chi connectivity index (χ2n) is 6.10. The average molecular weight is 413 g/mol. The third kappa shape index (κ3) is 4.27. The Morgan fingerprint density at radius 1 is 1.13 bits per heavy atom. The fourth-order valence-electron chi connectivity index (χ4n) is 2.69. The lowest BCUT2D eigenvalue weighted by Crippen LogP contribution is -2.54. The number of ether oxygens (including phenoxy) is 2. The van der Waals surface area contributed by atoms with Crippen molar-refractivity contribution in [3.8, 4) is 11.5 Å². The summed E-state index contributed by atoms with van der Waals surface area (Å²) < 4.78 is 23.6. The number of primary amides is 1. The summed E-state index contributed by atoms with van der Waals surface area (Å²) in [5.74, 6) is -2.49. The average Bonchev–Trinajstić information content (AvgIpc) is 2.71. The van der Waals surface area contributed by atoms with Crippen LogP contribution in [0.15, 0.2) is 48.0 Å². The molecule has 30 heavy (non-hydrogen) atoms. The zero-order valence-electron chi connectivity index (χ0n) is 15.7. The van der Waals surface area contributed by atoms with Crippen LogP contribution in [-0.4, -0.2) is 37.5 Å². The van der Waals surface area contributed by atoms with E-state index in [1.54, 1.807) is 0 Å². The monoisotopic (exact) mass is 413 g/mol. The van der Waals surface area contributed by atoms with E-state index in [1.807, 2.05) is 0 Å². The molecule has 1 aliphatic rings. The minimum absolute atomic E-state index is 0.102. The number of carbonyl (C=O) groups excluding carboxylic acids is 4. The summed E-state index contributed by atoms with van der Waals surface area (Å²) in [5.41, 5.74) is 5.23. The molecule has 1 aliphatic heterocycles. The minimum Gasteiger partial charge on any atom is -0.493 e. The number of hydrogen-bond acceptors (Lipinski definition) is 6. The Bertz CT molecular complexity index is 1060. The molecule has 0 bridgehead atoms. The Balaban J connectivity index is 1.94.